The van der Waals surface area contributed by atoms with Crippen LogP contribution in [0.5, 0.6) is 0 Å². The van der Waals surface area contributed by atoms with Crippen LogP contribution < -0.4 is 5.32 Å². The first-order chi connectivity index (χ1) is 9.29. The highest BCUT2D eigenvalue weighted by atomic mass is 15.0. The molecule has 0 radical (unpaired) electrons. The molecule has 1 fully saturated rings. The minimum absolute atomic E-state index is 0.663. The molecule has 0 saturated heterocycles. The molecule has 1 aromatic rings. The van der Waals surface area contributed by atoms with Crippen molar-refractivity contribution in [2.24, 2.45) is 17.8 Å². The van der Waals surface area contributed by atoms with Gasteiger partial charge < -0.3 is 5.32 Å². The predicted molar refractivity (Wildman–Crippen MR) is 79.1 cm³/mol. The van der Waals surface area contributed by atoms with Gasteiger partial charge in [-0.05, 0) is 61.5 Å². The zero-order chi connectivity index (χ0) is 12.8. The Kier molecular flexibility index (Phi) is 2.77. The average Bonchev–Trinajstić information content (AvgIpc) is 3.12. The van der Waals surface area contributed by atoms with Gasteiger partial charge in [-0.3, -0.25) is 0 Å². The van der Waals surface area contributed by atoms with E-state index in [1.807, 2.05) is 0 Å². The lowest BCUT2D eigenvalue weighted by molar-refractivity contribution is 0.302. The number of nitrogens with one attached hydrogen (secondary N) is 1. The quantitative estimate of drug-likeness (QED) is 0.815. The van der Waals surface area contributed by atoms with Gasteiger partial charge in [0.25, 0.3) is 0 Å². The molecule has 4 rings (SSSR count). The summed E-state index contributed by atoms with van der Waals surface area (Å²) in [7, 11) is 0. The number of benzene rings is 1. The van der Waals surface area contributed by atoms with E-state index in [1.54, 1.807) is 11.1 Å². The van der Waals surface area contributed by atoms with Gasteiger partial charge in [0.2, 0.25) is 0 Å². The zero-order valence-electron chi connectivity index (χ0n) is 11.7. The van der Waals surface area contributed by atoms with E-state index < -0.39 is 0 Å². The molecule has 1 saturated carbocycles. The first-order valence-electron chi connectivity index (χ1n) is 7.81. The van der Waals surface area contributed by atoms with Crippen LogP contribution in [0.25, 0.3) is 0 Å². The summed E-state index contributed by atoms with van der Waals surface area (Å²) < 4.78 is 0. The molecule has 3 aliphatic rings. The topological polar surface area (TPSA) is 12.0 Å². The van der Waals surface area contributed by atoms with E-state index in [0.29, 0.717) is 12.1 Å². The zero-order valence-corrected chi connectivity index (χ0v) is 11.7. The van der Waals surface area contributed by atoms with E-state index in [0.717, 1.165) is 17.8 Å². The number of allylic oxidation sites excluding steroid dienone is 2. The van der Waals surface area contributed by atoms with E-state index in [2.05, 4.69) is 48.7 Å². The molecule has 4 unspecified atom stereocenters. The summed E-state index contributed by atoms with van der Waals surface area (Å²) >= 11 is 0. The van der Waals surface area contributed by atoms with Gasteiger partial charge in [-0.1, -0.05) is 36.4 Å². The minimum atomic E-state index is 0.663. The highest BCUT2D eigenvalue weighted by molar-refractivity contribution is 5.33. The van der Waals surface area contributed by atoms with Crippen LogP contribution in [0.3, 0.4) is 0 Å². The van der Waals surface area contributed by atoms with Crippen LogP contribution in [0, 0.1) is 17.8 Å². The van der Waals surface area contributed by atoms with Crippen molar-refractivity contribution in [2.75, 3.05) is 0 Å². The fourth-order valence-electron chi connectivity index (χ4n) is 4.57. The maximum absolute atomic E-state index is 3.92. The van der Waals surface area contributed by atoms with Gasteiger partial charge in [0, 0.05) is 12.1 Å². The summed E-state index contributed by atoms with van der Waals surface area (Å²) in [6.45, 7) is 2.40. The molecule has 1 aromatic carbocycles. The van der Waals surface area contributed by atoms with Crippen LogP contribution in [0.1, 0.15) is 30.9 Å². The Morgan fingerprint density at radius 3 is 2.37 bits per heavy atom. The maximum atomic E-state index is 3.92. The number of hydrogen-bond acceptors (Lipinski definition) is 1. The fraction of sp³-hybridized carbons (Fsp3) is 0.556. The Morgan fingerprint density at radius 1 is 1.05 bits per heavy atom. The van der Waals surface area contributed by atoms with Gasteiger partial charge in [0.1, 0.15) is 0 Å². The van der Waals surface area contributed by atoms with Crippen molar-refractivity contribution in [2.45, 2.75) is 44.7 Å². The predicted octanol–water partition coefficient (Wildman–Crippen LogP) is 3.34. The largest absolute Gasteiger partial charge is 0.311 e. The van der Waals surface area contributed by atoms with Crippen LogP contribution in [0.4, 0.5) is 0 Å². The summed E-state index contributed by atoms with van der Waals surface area (Å²) in [5.41, 5.74) is 3.11. The van der Waals surface area contributed by atoms with Crippen LogP contribution in [0.2, 0.25) is 0 Å². The highest BCUT2D eigenvalue weighted by Gasteiger charge is 2.39. The molecular formula is C18H23N. The second kappa shape index (κ2) is 4.49. The lowest BCUT2D eigenvalue weighted by atomic mass is 9.87. The number of hydrogen-bond donors (Lipinski definition) is 1. The van der Waals surface area contributed by atoms with Crippen molar-refractivity contribution in [1.82, 2.24) is 5.32 Å². The summed E-state index contributed by atoms with van der Waals surface area (Å²) in [4.78, 5) is 0. The third kappa shape index (κ3) is 2.04. The van der Waals surface area contributed by atoms with E-state index in [-0.39, 0.29) is 0 Å². The van der Waals surface area contributed by atoms with Gasteiger partial charge in [0.15, 0.2) is 0 Å². The molecule has 1 heteroatoms. The lowest BCUT2D eigenvalue weighted by Crippen LogP contribution is -2.42. The van der Waals surface area contributed by atoms with Gasteiger partial charge in [-0.25, -0.2) is 0 Å². The van der Waals surface area contributed by atoms with Crippen molar-refractivity contribution in [3.63, 3.8) is 0 Å². The maximum Gasteiger partial charge on any atom is 0.0151 e. The third-order valence-corrected chi connectivity index (χ3v) is 5.52. The molecule has 0 heterocycles. The molecule has 3 aliphatic carbocycles. The highest BCUT2D eigenvalue weighted by Crippen LogP contribution is 2.45. The molecule has 0 aliphatic heterocycles. The van der Waals surface area contributed by atoms with Gasteiger partial charge in [-0.2, -0.15) is 0 Å². The lowest BCUT2D eigenvalue weighted by Gasteiger charge is -2.29. The molecule has 1 N–H and O–H groups in total. The average molecular weight is 253 g/mol. The molecule has 100 valence electrons. The van der Waals surface area contributed by atoms with E-state index in [4.69, 9.17) is 0 Å². The smallest absolute Gasteiger partial charge is 0.0151 e. The summed E-state index contributed by atoms with van der Waals surface area (Å²) in [6.07, 6.45) is 10.2. The monoisotopic (exact) mass is 253 g/mol. The van der Waals surface area contributed by atoms with E-state index in [1.165, 1.54) is 25.7 Å². The Morgan fingerprint density at radius 2 is 1.79 bits per heavy atom. The molecule has 1 nitrogen and oxygen atoms in total. The summed E-state index contributed by atoms with van der Waals surface area (Å²) in [5, 5.41) is 3.92. The Hall–Kier alpha value is -1.08. The van der Waals surface area contributed by atoms with Crippen molar-refractivity contribution in [1.29, 1.82) is 0 Å². The Labute approximate surface area is 116 Å². The van der Waals surface area contributed by atoms with Crippen molar-refractivity contribution >= 4 is 0 Å². The van der Waals surface area contributed by atoms with Crippen LogP contribution in [0.15, 0.2) is 36.4 Å². The molecule has 4 atom stereocenters. The second-order valence-electron chi connectivity index (χ2n) is 6.77. The summed E-state index contributed by atoms with van der Waals surface area (Å²) in [5.74, 6) is 2.62. The van der Waals surface area contributed by atoms with E-state index in [9.17, 15) is 0 Å². The standard InChI is InChI=1S/C18H23N/c1-12(18-9-13-6-7-16(18)8-13)19-17-10-14-4-2-3-5-15(14)11-17/h2-7,12-13,16-19H,8-11H2,1H3. The fourth-order valence-corrected chi connectivity index (χ4v) is 4.57. The molecule has 0 aromatic heterocycles. The number of rotatable bonds is 3. The first kappa shape index (κ1) is 11.7. The van der Waals surface area contributed by atoms with Crippen molar-refractivity contribution in [3.8, 4) is 0 Å². The Bertz CT molecular complexity index is 479. The SMILES string of the molecule is CC(NC1Cc2ccccc2C1)C1CC2C=CC1C2. The second-order valence-corrected chi connectivity index (χ2v) is 6.77. The first-order valence-corrected chi connectivity index (χ1v) is 7.81. The molecular weight excluding hydrogens is 230 g/mol. The molecule has 2 bridgehead atoms. The van der Waals surface area contributed by atoms with E-state index >= 15 is 0 Å². The molecule has 19 heavy (non-hydrogen) atoms. The van der Waals surface area contributed by atoms with Crippen molar-refractivity contribution < 1.29 is 0 Å². The van der Waals surface area contributed by atoms with Gasteiger partial charge in [0.05, 0.1) is 0 Å². The van der Waals surface area contributed by atoms with Crippen LogP contribution >= 0.6 is 0 Å². The van der Waals surface area contributed by atoms with Crippen molar-refractivity contribution in [3.05, 3.63) is 47.5 Å². The third-order valence-electron chi connectivity index (χ3n) is 5.52. The minimum Gasteiger partial charge on any atom is -0.311 e. The molecule has 0 amide bonds. The van der Waals surface area contributed by atoms with Gasteiger partial charge in [-0.15, -0.1) is 0 Å². The normalized spacial score (nSPS) is 33.8. The van der Waals surface area contributed by atoms with Gasteiger partial charge >= 0.3 is 0 Å². The Balaban J connectivity index is 1.40. The molecule has 0 spiro atoms. The van der Waals surface area contributed by atoms with Crippen LogP contribution in [-0.2, 0) is 12.8 Å². The van der Waals surface area contributed by atoms with Crippen LogP contribution in [-0.4, -0.2) is 12.1 Å². The number of fused-ring (bicyclic) bond motifs is 3. The summed E-state index contributed by atoms with van der Waals surface area (Å²) in [6, 6.07) is 10.3.